The van der Waals surface area contributed by atoms with E-state index in [1.807, 2.05) is 0 Å². The molecular formula is C19H28O. The fraction of sp³-hybridized carbons (Fsp3) is 0.684. The van der Waals surface area contributed by atoms with Crippen LogP contribution >= 0.6 is 0 Å². The van der Waals surface area contributed by atoms with Gasteiger partial charge in [0, 0.05) is 0 Å². The van der Waals surface area contributed by atoms with Crippen molar-refractivity contribution in [3.63, 3.8) is 0 Å². The standard InChI is InChI=1S/C19H28O/c1-14-10-11-19(20,15(2)12-14)13-17-8-5-7-16-6-3-4-9-18(16)17/h3-4,6,9,14-15,17,20H,5,7-8,10-13H2,1-2H3. The lowest BCUT2D eigenvalue weighted by Crippen LogP contribution is -2.42. The third-order valence-electron chi connectivity index (χ3n) is 5.84. The first-order valence-electron chi connectivity index (χ1n) is 8.38. The van der Waals surface area contributed by atoms with E-state index in [9.17, 15) is 5.11 Å². The fourth-order valence-corrected chi connectivity index (χ4v) is 4.48. The van der Waals surface area contributed by atoms with E-state index in [1.165, 1.54) is 43.2 Å². The summed E-state index contributed by atoms with van der Waals surface area (Å²) < 4.78 is 0. The Morgan fingerprint density at radius 2 is 2.00 bits per heavy atom. The molecule has 1 nitrogen and oxygen atoms in total. The first-order valence-corrected chi connectivity index (χ1v) is 8.38. The van der Waals surface area contributed by atoms with Gasteiger partial charge in [-0.3, -0.25) is 0 Å². The molecule has 1 N–H and O–H groups in total. The van der Waals surface area contributed by atoms with Crippen molar-refractivity contribution < 1.29 is 5.11 Å². The third-order valence-corrected chi connectivity index (χ3v) is 5.84. The van der Waals surface area contributed by atoms with Gasteiger partial charge in [-0.2, -0.15) is 0 Å². The molecule has 1 aromatic carbocycles. The van der Waals surface area contributed by atoms with E-state index < -0.39 is 5.60 Å². The predicted molar refractivity (Wildman–Crippen MR) is 83.9 cm³/mol. The van der Waals surface area contributed by atoms with Crippen LogP contribution in [0.5, 0.6) is 0 Å². The molecule has 20 heavy (non-hydrogen) atoms. The van der Waals surface area contributed by atoms with Crippen LogP contribution in [-0.2, 0) is 6.42 Å². The molecule has 4 atom stereocenters. The molecule has 1 heteroatoms. The van der Waals surface area contributed by atoms with E-state index in [4.69, 9.17) is 0 Å². The van der Waals surface area contributed by atoms with Gasteiger partial charge in [0.2, 0.25) is 0 Å². The molecule has 0 spiro atoms. The fourth-order valence-electron chi connectivity index (χ4n) is 4.48. The van der Waals surface area contributed by atoms with Crippen LogP contribution in [0, 0.1) is 11.8 Å². The minimum atomic E-state index is -0.429. The highest BCUT2D eigenvalue weighted by atomic mass is 16.3. The summed E-state index contributed by atoms with van der Waals surface area (Å²) in [6.45, 7) is 4.58. The Hall–Kier alpha value is -0.820. The van der Waals surface area contributed by atoms with Crippen LogP contribution in [0.25, 0.3) is 0 Å². The maximum atomic E-state index is 11.1. The number of aliphatic hydroxyl groups is 1. The van der Waals surface area contributed by atoms with Crippen LogP contribution in [-0.4, -0.2) is 10.7 Å². The molecule has 0 bridgehead atoms. The average molecular weight is 272 g/mol. The lowest BCUT2D eigenvalue weighted by molar-refractivity contribution is -0.0648. The van der Waals surface area contributed by atoms with Gasteiger partial charge in [-0.1, -0.05) is 38.1 Å². The van der Waals surface area contributed by atoms with Gasteiger partial charge < -0.3 is 5.11 Å². The molecule has 4 unspecified atom stereocenters. The zero-order chi connectivity index (χ0) is 14.2. The summed E-state index contributed by atoms with van der Waals surface area (Å²) in [4.78, 5) is 0. The zero-order valence-corrected chi connectivity index (χ0v) is 12.9. The summed E-state index contributed by atoms with van der Waals surface area (Å²) in [5.74, 6) is 1.80. The van der Waals surface area contributed by atoms with Gasteiger partial charge in [-0.25, -0.2) is 0 Å². The largest absolute Gasteiger partial charge is 0.390 e. The molecule has 1 aromatic rings. The Morgan fingerprint density at radius 3 is 2.80 bits per heavy atom. The van der Waals surface area contributed by atoms with Crippen molar-refractivity contribution in [3.05, 3.63) is 35.4 Å². The van der Waals surface area contributed by atoms with Crippen molar-refractivity contribution in [2.75, 3.05) is 0 Å². The topological polar surface area (TPSA) is 20.2 Å². The molecule has 3 rings (SSSR count). The number of aryl methyl sites for hydroxylation is 1. The zero-order valence-electron chi connectivity index (χ0n) is 12.9. The van der Waals surface area contributed by atoms with Gasteiger partial charge in [-0.15, -0.1) is 0 Å². The quantitative estimate of drug-likeness (QED) is 0.828. The summed E-state index contributed by atoms with van der Waals surface area (Å²) in [6.07, 6.45) is 8.09. The highest BCUT2D eigenvalue weighted by Crippen LogP contribution is 2.45. The number of hydrogen-bond donors (Lipinski definition) is 1. The van der Waals surface area contributed by atoms with Crippen molar-refractivity contribution >= 4 is 0 Å². The monoisotopic (exact) mass is 272 g/mol. The van der Waals surface area contributed by atoms with Gasteiger partial charge >= 0.3 is 0 Å². The molecule has 1 fully saturated rings. The van der Waals surface area contributed by atoms with Crippen LogP contribution in [0.3, 0.4) is 0 Å². The molecule has 2 aliphatic carbocycles. The molecular weight excluding hydrogens is 244 g/mol. The van der Waals surface area contributed by atoms with Gasteiger partial charge in [0.05, 0.1) is 5.60 Å². The molecule has 0 radical (unpaired) electrons. The van der Waals surface area contributed by atoms with Crippen molar-refractivity contribution in [3.8, 4) is 0 Å². The molecule has 110 valence electrons. The van der Waals surface area contributed by atoms with Gasteiger partial charge in [0.25, 0.3) is 0 Å². The van der Waals surface area contributed by atoms with Crippen LogP contribution in [0.15, 0.2) is 24.3 Å². The van der Waals surface area contributed by atoms with Crippen LogP contribution in [0.4, 0.5) is 0 Å². The van der Waals surface area contributed by atoms with Gasteiger partial charge in [0.1, 0.15) is 0 Å². The first-order chi connectivity index (χ1) is 9.58. The van der Waals surface area contributed by atoms with E-state index in [0.717, 1.165) is 18.8 Å². The SMILES string of the molecule is CC1CCC(O)(CC2CCCc3ccccc32)C(C)C1. The van der Waals surface area contributed by atoms with Gasteiger partial charge in [-0.05, 0) is 73.8 Å². The summed E-state index contributed by atoms with van der Waals surface area (Å²) >= 11 is 0. The van der Waals surface area contributed by atoms with Crippen LogP contribution < -0.4 is 0 Å². The number of benzene rings is 1. The third kappa shape index (κ3) is 2.65. The molecule has 0 aliphatic heterocycles. The normalized spacial score (nSPS) is 37.5. The Bertz CT molecular complexity index is 467. The van der Waals surface area contributed by atoms with E-state index in [1.54, 1.807) is 0 Å². The number of fused-ring (bicyclic) bond motifs is 1. The Labute approximate surface area is 123 Å². The summed E-state index contributed by atoms with van der Waals surface area (Å²) in [5, 5.41) is 11.1. The van der Waals surface area contributed by atoms with Crippen LogP contribution in [0.2, 0.25) is 0 Å². The smallest absolute Gasteiger partial charge is 0.0679 e. The Morgan fingerprint density at radius 1 is 1.20 bits per heavy atom. The van der Waals surface area contributed by atoms with Crippen molar-refractivity contribution in [2.24, 2.45) is 11.8 Å². The maximum Gasteiger partial charge on any atom is 0.0679 e. The Kier molecular flexibility index (Phi) is 3.90. The predicted octanol–water partition coefficient (Wildman–Crippen LogP) is 4.68. The number of hydrogen-bond acceptors (Lipinski definition) is 1. The van der Waals surface area contributed by atoms with E-state index in [2.05, 4.69) is 38.1 Å². The second kappa shape index (κ2) is 5.52. The van der Waals surface area contributed by atoms with Gasteiger partial charge in [0.15, 0.2) is 0 Å². The lowest BCUT2D eigenvalue weighted by atomic mass is 9.66. The van der Waals surface area contributed by atoms with E-state index in [0.29, 0.717) is 11.8 Å². The molecule has 0 aromatic heterocycles. The van der Waals surface area contributed by atoms with E-state index in [-0.39, 0.29) is 0 Å². The second-order valence-electron chi connectivity index (χ2n) is 7.38. The average Bonchev–Trinajstić information content (AvgIpc) is 2.44. The molecule has 0 amide bonds. The minimum absolute atomic E-state index is 0.429. The highest BCUT2D eigenvalue weighted by molar-refractivity contribution is 5.33. The molecule has 2 aliphatic rings. The van der Waals surface area contributed by atoms with Crippen molar-refractivity contribution in [2.45, 2.75) is 70.3 Å². The molecule has 0 heterocycles. The van der Waals surface area contributed by atoms with Crippen molar-refractivity contribution in [1.29, 1.82) is 0 Å². The molecule has 1 saturated carbocycles. The number of rotatable bonds is 2. The summed E-state index contributed by atoms with van der Waals surface area (Å²) in [5.41, 5.74) is 2.60. The molecule has 0 saturated heterocycles. The lowest BCUT2D eigenvalue weighted by Gasteiger charge is -2.43. The summed E-state index contributed by atoms with van der Waals surface area (Å²) in [7, 11) is 0. The summed E-state index contributed by atoms with van der Waals surface area (Å²) in [6, 6.07) is 8.88. The Balaban J connectivity index is 1.78. The maximum absolute atomic E-state index is 11.1. The van der Waals surface area contributed by atoms with Crippen LogP contribution in [0.1, 0.15) is 69.4 Å². The second-order valence-corrected chi connectivity index (χ2v) is 7.38. The highest BCUT2D eigenvalue weighted by Gasteiger charge is 2.40. The van der Waals surface area contributed by atoms with Crippen molar-refractivity contribution in [1.82, 2.24) is 0 Å². The van der Waals surface area contributed by atoms with E-state index >= 15 is 0 Å². The first kappa shape index (κ1) is 14.1. The minimum Gasteiger partial charge on any atom is -0.390 e.